The zero-order valence-corrected chi connectivity index (χ0v) is 22.3. The number of thioether (sulfide) groups is 1. The Morgan fingerprint density at radius 2 is 1.78 bits per heavy atom. The molecule has 1 aromatic rings. The molecule has 0 aliphatic rings. The van der Waals surface area contributed by atoms with Crippen molar-refractivity contribution >= 4 is 40.9 Å². The maximum absolute atomic E-state index is 12.9. The van der Waals surface area contributed by atoms with E-state index in [9.17, 15) is 32.7 Å². The average Bonchev–Trinajstić information content (AvgIpc) is 2.76. The molecule has 0 saturated carbocycles. The second kappa shape index (κ2) is 14.9. The van der Waals surface area contributed by atoms with Crippen LogP contribution in [0.1, 0.15) is 34.6 Å². The number of carbonyl (C=O) groups excluding carboxylic acids is 3. The van der Waals surface area contributed by atoms with Gasteiger partial charge in [-0.15, -0.1) is 11.8 Å². The number of alkyl halides is 3. The number of nitrogens with one attached hydrogen (secondary N) is 2. The van der Waals surface area contributed by atoms with E-state index >= 15 is 0 Å². The van der Waals surface area contributed by atoms with Gasteiger partial charge in [0.1, 0.15) is 17.2 Å². The van der Waals surface area contributed by atoms with Gasteiger partial charge in [-0.1, -0.05) is 6.07 Å². The Morgan fingerprint density at radius 1 is 1.24 bits per heavy atom. The number of carbonyl (C=O) groups is 3. The molecule has 9 nitrogen and oxygen atoms in total. The van der Waals surface area contributed by atoms with E-state index in [-0.39, 0.29) is 31.0 Å². The Hall–Kier alpha value is -3.50. The Balaban J connectivity index is 0.00000235. The zero-order chi connectivity index (χ0) is 29.0. The monoisotopic (exact) mass is 543 g/mol. The van der Waals surface area contributed by atoms with E-state index in [1.165, 1.54) is 30.5 Å². The lowest BCUT2D eigenvalue weighted by Gasteiger charge is -2.20. The van der Waals surface area contributed by atoms with Gasteiger partial charge < -0.3 is 26.4 Å². The highest BCUT2D eigenvalue weighted by molar-refractivity contribution is 8.03. The van der Waals surface area contributed by atoms with Crippen LogP contribution in [0, 0.1) is 11.3 Å². The van der Waals surface area contributed by atoms with Crippen molar-refractivity contribution in [3.63, 3.8) is 0 Å². The van der Waals surface area contributed by atoms with Crippen molar-refractivity contribution in [2.45, 2.75) is 52.4 Å². The molecule has 13 heteroatoms. The molecule has 1 unspecified atom stereocenters. The molecular weight excluding hydrogens is 511 g/mol. The summed E-state index contributed by atoms with van der Waals surface area (Å²) in [7, 11) is 0. The molecule has 5 N–H and O–H groups in total. The molecule has 0 aliphatic heterocycles. The smallest absolute Gasteiger partial charge is 0.381 e. The number of amides is 3. The van der Waals surface area contributed by atoms with Crippen LogP contribution in [-0.4, -0.2) is 58.3 Å². The minimum absolute atomic E-state index is 0.188. The van der Waals surface area contributed by atoms with E-state index in [0.717, 1.165) is 6.20 Å². The third-order valence-corrected chi connectivity index (χ3v) is 4.93. The summed E-state index contributed by atoms with van der Waals surface area (Å²) in [6, 6.07) is 8.38. The first-order valence-corrected chi connectivity index (χ1v) is 12.1. The third kappa shape index (κ3) is 14.0. The molecule has 0 heterocycles. The number of benzene rings is 1. The molecule has 0 bridgehead atoms. The molecule has 1 atom stereocenters. The summed E-state index contributed by atoms with van der Waals surface area (Å²) in [5.41, 5.74) is 4.55. The molecule has 0 radical (unpaired) electrons. The Morgan fingerprint density at radius 3 is 2.22 bits per heavy atom. The van der Waals surface area contributed by atoms with Crippen LogP contribution in [0.25, 0.3) is 0 Å². The van der Waals surface area contributed by atoms with Gasteiger partial charge in [0.2, 0.25) is 0 Å². The second-order valence-corrected chi connectivity index (χ2v) is 9.00. The van der Waals surface area contributed by atoms with Gasteiger partial charge in [0.05, 0.1) is 4.91 Å². The minimum Gasteiger partial charge on any atom is -0.381 e. The number of nitrogens with zero attached hydrogens (tertiary/aromatic N) is 2. The average molecular weight is 544 g/mol. The van der Waals surface area contributed by atoms with Crippen molar-refractivity contribution in [1.29, 1.82) is 5.26 Å². The number of hydrogen-bond acceptors (Lipinski definition) is 7. The van der Waals surface area contributed by atoms with Crippen molar-refractivity contribution in [2.75, 3.05) is 23.4 Å². The molecular formula is C24H32F3N5O4S. The highest BCUT2D eigenvalue weighted by Gasteiger charge is 2.23. The van der Waals surface area contributed by atoms with Crippen molar-refractivity contribution < 1.29 is 32.7 Å². The fraction of sp³-hybridized carbons (Fsp3) is 0.417. The van der Waals surface area contributed by atoms with E-state index in [0.29, 0.717) is 16.3 Å². The van der Waals surface area contributed by atoms with Gasteiger partial charge in [0.15, 0.2) is 0 Å². The van der Waals surface area contributed by atoms with Gasteiger partial charge in [-0.3, -0.25) is 14.4 Å². The molecule has 0 aliphatic carbocycles. The summed E-state index contributed by atoms with van der Waals surface area (Å²) in [6.07, 6.45) is 0.629. The second-order valence-electron chi connectivity index (χ2n) is 8.15. The van der Waals surface area contributed by atoms with Crippen LogP contribution in [0.2, 0.25) is 0 Å². The van der Waals surface area contributed by atoms with Gasteiger partial charge in [-0.25, -0.2) is 0 Å². The summed E-state index contributed by atoms with van der Waals surface area (Å²) in [5, 5.41) is 24.7. The zero-order valence-electron chi connectivity index (χ0n) is 21.4. The number of primary amides is 1. The molecule has 0 aromatic heterocycles. The van der Waals surface area contributed by atoms with E-state index in [1.807, 2.05) is 6.92 Å². The Kier molecular flexibility index (Phi) is 13.5. The summed E-state index contributed by atoms with van der Waals surface area (Å²) in [4.78, 5) is 37.8. The molecule has 37 heavy (non-hydrogen) atoms. The first-order chi connectivity index (χ1) is 16.9. The van der Waals surface area contributed by atoms with E-state index < -0.39 is 23.6 Å². The van der Waals surface area contributed by atoms with E-state index in [4.69, 9.17) is 11.0 Å². The summed E-state index contributed by atoms with van der Waals surface area (Å²) < 4.78 is 31.1. The predicted molar refractivity (Wildman–Crippen MR) is 138 cm³/mol. The minimum atomic E-state index is -4.00. The SMILES string of the molecule is CC(F)(F)F.CCN(/C=C(\C#N)C(N)=O)C(=O)C(=CC(C)Nc1cccc(NC(=O)C(C)(C)O)c1)SC. The number of aliphatic hydroxyl groups is 1. The molecule has 1 aromatic carbocycles. The van der Waals surface area contributed by atoms with Crippen LogP contribution in [0.5, 0.6) is 0 Å². The summed E-state index contributed by atoms with van der Waals surface area (Å²) in [5.74, 6) is -1.80. The number of halogens is 3. The number of anilines is 2. The number of nitrogens with two attached hydrogens (primary N) is 1. The van der Waals surface area contributed by atoms with Gasteiger partial charge in [-0.2, -0.15) is 18.4 Å². The fourth-order valence-corrected chi connectivity index (χ4v) is 3.10. The van der Waals surface area contributed by atoms with Crippen LogP contribution in [-0.2, 0) is 14.4 Å². The number of nitriles is 1. The number of hydrogen-bond donors (Lipinski definition) is 4. The third-order valence-electron chi connectivity index (χ3n) is 4.17. The van der Waals surface area contributed by atoms with E-state index in [2.05, 4.69) is 10.6 Å². The highest BCUT2D eigenvalue weighted by atomic mass is 32.2. The lowest BCUT2D eigenvalue weighted by atomic mass is 10.1. The molecule has 1 rings (SSSR count). The molecule has 0 spiro atoms. The van der Waals surface area contributed by atoms with Gasteiger partial charge >= 0.3 is 6.18 Å². The quantitative estimate of drug-likeness (QED) is 0.259. The molecule has 204 valence electrons. The first-order valence-electron chi connectivity index (χ1n) is 10.9. The maximum Gasteiger partial charge on any atom is 0.386 e. The van der Waals surface area contributed by atoms with Crippen LogP contribution in [0.3, 0.4) is 0 Å². The van der Waals surface area contributed by atoms with Gasteiger partial charge in [-0.05, 0) is 58.2 Å². The topological polar surface area (TPSA) is 149 Å². The Bertz CT molecular complexity index is 1050. The van der Waals surface area contributed by atoms with Crippen LogP contribution >= 0.6 is 11.8 Å². The Labute approximate surface area is 218 Å². The number of likely N-dealkylation sites (N-methyl/N-ethyl adjacent to an activating group) is 1. The van der Waals surface area contributed by atoms with Crippen LogP contribution in [0.4, 0.5) is 24.5 Å². The van der Waals surface area contributed by atoms with Gasteiger partial charge in [0, 0.05) is 37.1 Å². The normalized spacial score (nSPS) is 12.9. The molecule has 0 saturated heterocycles. The van der Waals surface area contributed by atoms with Crippen LogP contribution in [0.15, 0.2) is 47.0 Å². The highest BCUT2D eigenvalue weighted by Crippen LogP contribution is 2.21. The van der Waals surface area contributed by atoms with Crippen molar-refractivity contribution in [3.8, 4) is 6.07 Å². The first kappa shape index (κ1) is 33.5. The molecule has 0 fully saturated rings. The summed E-state index contributed by atoms with van der Waals surface area (Å²) >= 11 is 1.23. The maximum atomic E-state index is 12.9. The van der Waals surface area contributed by atoms with Crippen molar-refractivity contribution in [3.05, 3.63) is 47.0 Å². The number of rotatable bonds is 10. The fourth-order valence-electron chi connectivity index (χ4n) is 2.47. The molecule has 3 amide bonds. The lowest BCUT2D eigenvalue weighted by molar-refractivity contribution is -0.130. The van der Waals surface area contributed by atoms with E-state index in [1.54, 1.807) is 49.6 Å². The van der Waals surface area contributed by atoms with Gasteiger partial charge in [0.25, 0.3) is 17.7 Å². The predicted octanol–water partition coefficient (Wildman–Crippen LogP) is 3.75. The lowest BCUT2D eigenvalue weighted by Crippen LogP contribution is -2.36. The van der Waals surface area contributed by atoms with Crippen molar-refractivity contribution in [1.82, 2.24) is 4.90 Å². The van der Waals surface area contributed by atoms with Crippen LogP contribution < -0.4 is 16.4 Å². The largest absolute Gasteiger partial charge is 0.386 e. The summed E-state index contributed by atoms with van der Waals surface area (Å²) in [6.45, 7) is 6.80. The van der Waals surface area contributed by atoms with Crippen molar-refractivity contribution in [2.24, 2.45) is 5.73 Å². The standard InChI is InChI=1S/C22H29N5O4S.C2H3F3/c1-6-27(13-15(12-23)19(24)28)20(29)18(32-5)10-14(2)25-16-8-7-9-17(11-16)26-21(30)22(3,4)31;1-2(3,4)5/h7-11,13-14,25,31H,6H2,1-5H3,(H2,24,28)(H,26,30);1H3/b15-13+,18-10?;.